The van der Waals surface area contributed by atoms with Crippen molar-refractivity contribution in [2.24, 2.45) is 0 Å². The Balaban J connectivity index is 2.70. The number of hydrogen-bond acceptors (Lipinski definition) is 5. The van der Waals surface area contributed by atoms with Gasteiger partial charge in [0.1, 0.15) is 23.6 Å². The Morgan fingerprint density at radius 1 is 0.857 bits per heavy atom. The molecule has 5 nitrogen and oxygen atoms in total. The molecule has 3 rings (SSSR count). The maximum atomic E-state index is 10.5. The molecular weight excluding hydrogens is 348 g/mol. The van der Waals surface area contributed by atoms with Gasteiger partial charge in [-0.15, -0.1) is 0 Å². The van der Waals surface area contributed by atoms with Gasteiger partial charge in [0.05, 0.1) is 17.0 Å². The topological polar surface area (TPSA) is 104 Å². The van der Waals surface area contributed by atoms with Crippen LogP contribution < -0.4 is 10.6 Å². The van der Waals surface area contributed by atoms with Gasteiger partial charge in [-0.25, -0.2) is 4.98 Å². The second-order valence-corrected chi connectivity index (χ2v) is 5.96. The highest BCUT2D eigenvalue weighted by molar-refractivity contribution is 5.82. The molecule has 132 valence electrons. The minimum atomic E-state index is -0.256. The Hall–Kier alpha value is -4.40. The molecule has 0 saturated carbocycles. The van der Waals surface area contributed by atoms with Crippen LogP contribution in [0.5, 0.6) is 0 Å². The third kappa shape index (κ3) is 3.19. The Morgan fingerprint density at radius 3 is 1.86 bits per heavy atom. The van der Waals surface area contributed by atoms with Gasteiger partial charge >= 0.3 is 0 Å². The molecule has 0 atom stereocenters. The summed E-state index contributed by atoms with van der Waals surface area (Å²) in [6, 6.07) is 23.9. The molecule has 0 saturated heterocycles. The van der Waals surface area contributed by atoms with Gasteiger partial charge in [-0.05, 0) is 12.5 Å². The smallest absolute Gasteiger partial charge is 0.156 e. The summed E-state index contributed by atoms with van der Waals surface area (Å²) in [5.41, 5.74) is 2.04. The molecule has 28 heavy (non-hydrogen) atoms. The van der Waals surface area contributed by atoms with Crippen molar-refractivity contribution in [1.29, 1.82) is 15.8 Å². The zero-order chi connectivity index (χ0) is 20.1. The van der Waals surface area contributed by atoms with E-state index in [9.17, 15) is 20.9 Å². The van der Waals surface area contributed by atoms with Crippen molar-refractivity contribution < 1.29 is 5.11 Å². The monoisotopic (exact) mass is 362 g/mol. The molecule has 0 radical (unpaired) electrons. The van der Waals surface area contributed by atoms with Crippen molar-refractivity contribution in [3.05, 3.63) is 76.8 Å². The van der Waals surface area contributed by atoms with E-state index in [1.165, 1.54) is 6.92 Å². The van der Waals surface area contributed by atoms with Crippen molar-refractivity contribution >= 4 is 11.3 Å². The van der Waals surface area contributed by atoms with Gasteiger partial charge in [-0.3, -0.25) is 0 Å². The second-order valence-electron chi connectivity index (χ2n) is 5.96. The van der Waals surface area contributed by atoms with Gasteiger partial charge in [0.15, 0.2) is 5.57 Å². The van der Waals surface area contributed by atoms with E-state index in [1.54, 1.807) is 12.1 Å². The van der Waals surface area contributed by atoms with Crippen LogP contribution in [0.4, 0.5) is 0 Å². The molecule has 0 aliphatic heterocycles. The van der Waals surface area contributed by atoms with E-state index in [4.69, 9.17) is 0 Å². The Labute approximate surface area is 162 Å². The van der Waals surface area contributed by atoms with Gasteiger partial charge in [-0.2, -0.15) is 15.8 Å². The van der Waals surface area contributed by atoms with Gasteiger partial charge in [-0.1, -0.05) is 60.7 Å². The average molecular weight is 362 g/mol. The number of aliphatic hydroxyl groups excluding tert-OH is 1. The Morgan fingerprint density at radius 2 is 1.39 bits per heavy atom. The van der Waals surface area contributed by atoms with E-state index < -0.39 is 0 Å². The standard InChI is InChI=1S/C23H14N4O/c1-15(28)20-21(16-8-4-2-5-9-16)19(14-26)22(18(12-24)13-25)27-23(20)17-10-6-3-7-11-17/h2-11,28H,1H3/b20-15+. The quantitative estimate of drug-likeness (QED) is 0.754. The molecule has 1 heterocycles. The molecule has 0 aliphatic carbocycles. The van der Waals surface area contributed by atoms with Crippen LogP contribution >= 0.6 is 0 Å². The van der Waals surface area contributed by atoms with Crippen LogP contribution in [-0.2, 0) is 0 Å². The van der Waals surface area contributed by atoms with Crippen LogP contribution in [0.15, 0.2) is 60.7 Å². The van der Waals surface area contributed by atoms with Crippen LogP contribution in [0, 0.1) is 34.0 Å². The molecular formula is C23H14N4O. The van der Waals surface area contributed by atoms with Crippen LogP contribution in [-0.4, -0.2) is 10.1 Å². The van der Waals surface area contributed by atoms with E-state index in [2.05, 4.69) is 11.1 Å². The van der Waals surface area contributed by atoms with Crippen LogP contribution in [0.1, 0.15) is 12.5 Å². The van der Waals surface area contributed by atoms with Crippen molar-refractivity contribution in [2.75, 3.05) is 0 Å². The van der Waals surface area contributed by atoms with Crippen LogP contribution in [0.25, 0.3) is 33.7 Å². The Bertz CT molecular complexity index is 1270. The first-order chi connectivity index (χ1) is 13.6. The highest BCUT2D eigenvalue weighted by Crippen LogP contribution is 2.22. The van der Waals surface area contributed by atoms with E-state index in [-0.39, 0.29) is 22.2 Å². The van der Waals surface area contributed by atoms with Gasteiger partial charge < -0.3 is 5.11 Å². The zero-order valence-electron chi connectivity index (χ0n) is 15.0. The molecule has 0 unspecified atom stereocenters. The molecule has 0 spiro atoms. The van der Waals surface area contributed by atoms with E-state index in [0.29, 0.717) is 27.6 Å². The summed E-state index contributed by atoms with van der Waals surface area (Å²) < 4.78 is 0. The maximum Gasteiger partial charge on any atom is 0.156 e. The lowest BCUT2D eigenvalue weighted by atomic mass is 9.94. The van der Waals surface area contributed by atoms with E-state index in [0.717, 1.165) is 0 Å². The van der Waals surface area contributed by atoms with Gasteiger partial charge in [0.25, 0.3) is 0 Å². The summed E-state index contributed by atoms with van der Waals surface area (Å²) in [5, 5.41) is 39.5. The van der Waals surface area contributed by atoms with Crippen molar-refractivity contribution in [3.63, 3.8) is 0 Å². The normalized spacial score (nSPS) is 10.9. The lowest BCUT2D eigenvalue weighted by Crippen LogP contribution is -2.27. The number of benzene rings is 2. The molecule has 1 N–H and O–H groups in total. The summed E-state index contributed by atoms with van der Waals surface area (Å²) >= 11 is 0. The molecule has 0 bridgehead atoms. The third-order valence-corrected chi connectivity index (χ3v) is 4.24. The lowest BCUT2D eigenvalue weighted by Gasteiger charge is -2.12. The zero-order valence-corrected chi connectivity index (χ0v) is 15.0. The SMILES string of the molecule is C/C(O)=c1\c(-c2ccccc2)nc(=C(C#N)C#N)c(C#N)c1-c1ccccc1. The number of hydrogen-bond donors (Lipinski definition) is 1. The number of aromatic nitrogens is 1. The number of rotatable bonds is 2. The summed E-state index contributed by atoms with van der Waals surface area (Å²) in [6.45, 7) is 1.52. The van der Waals surface area contributed by atoms with Crippen molar-refractivity contribution in [3.8, 4) is 40.6 Å². The second kappa shape index (κ2) is 7.87. The minimum Gasteiger partial charge on any atom is -0.512 e. The molecule has 1 aromatic heterocycles. The van der Waals surface area contributed by atoms with Gasteiger partial charge in [0.2, 0.25) is 0 Å². The van der Waals surface area contributed by atoms with Crippen LogP contribution in [0.3, 0.4) is 0 Å². The molecule has 3 aromatic rings. The van der Waals surface area contributed by atoms with Crippen LogP contribution in [0.2, 0.25) is 0 Å². The number of pyridine rings is 1. The lowest BCUT2D eigenvalue weighted by molar-refractivity contribution is 0.499. The first-order valence-electron chi connectivity index (χ1n) is 8.41. The first kappa shape index (κ1) is 18.4. The number of nitrogens with zero attached hydrogens (tertiary/aromatic N) is 4. The molecule has 0 fully saturated rings. The Kier molecular flexibility index (Phi) is 5.17. The largest absolute Gasteiger partial charge is 0.512 e. The molecule has 0 amide bonds. The highest BCUT2D eigenvalue weighted by Gasteiger charge is 2.19. The van der Waals surface area contributed by atoms with Gasteiger partial charge in [0, 0.05) is 16.3 Å². The van der Waals surface area contributed by atoms with E-state index >= 15 is 0 Å². The predicted molar refractivity (Wildman–Crippen MR) is 105 cm³/mol. The summed E-state index contributed by atoms with van der Waals surface area (Å²) in [6.07, 6.45) is 0. The fourth-order valence-corrected chi connectivity index (χ4v) is 3.06. The fraction of sp³-hybridized carbons (Fsp3) is 0.0435. The molecule has 0 aliphatic rings. The summed E-state index contributed by atoms with van der Waals surface area (Å²) in [4.78, 5) is 4.48. The van der Waals surface area contributed by atoms with Crippen molar-refractivity contribution in [2.45, 2.75) is 6.92 Å². The predicted octanol–water partition coefficient (Wildman–Crippen LogP) is 3.17. The number of nitriles is 3. The minimum absolute atomic E-state index is 0.00945. The number of aliphatic hydroxyl groups is 1. The summed E-state index contributed by atoms with van der Waals surface area (Å²) in [5.74, 6) is -0.0104. The van der Waals surface area contributed by atoms with E-state index in [1.807, 2.05) is 60.7 Å². The summed E-state index contributed by atoms with van der Waals surface area (Å²) in [7, 11) is 0. The van der Waals surface area contributed by atoms with Crippen molar-refractivity contribution in [1.82, 2.24) is 4.98 Å². The maximum absolute atomic E-state index is 10.5. The molecule has 2 aromatic carbocycles. The third-order valence-electron chi connectivity index (χ3n) is 4.24. The average Bonchev–Trinajstić information content (AvgIpc) is 2.74. The highest BCUT2D eigenvalue weighted by atomic mass is 16.3. The first-order valence-corrected chi connectivity index (χ1v) is 8.41. The molecule has 5 heteroatoms. The fourth-order valence-electron chi connectivity index (χ4n) is 3.06.